The molecule has 0 unspecified atom stereocenters. The van der Waals surface area contributed by atoms with Crippen LogP contribution in [0.2, 0.25) is 5.02 Å². The molecule has 0 saturated carbocycles. The van der Waals surface area contributed by atoms with E-state index in [-0.39, 0.29) is 13.3 Å². The molecule has 0 aliphatic rings. The first-order chi connectivity index (χ1) is 14.1. The van der Waals surface area contributed by atoms with Crippen LogP contribution in [0, 0.1) is 0 Å². The average molecular weight is 419 g/mol. The lowest BCUT2D eigenvalue weighted by atomic mass is 10.1. The summed E-state index contributed by atoms with van der Waals surface area (Å²) in [6.07, 6.45) is 3.85. The van der Waals surface area contributed by atoms with Crippen molar-refractivity contribution in [2.24, 2.45) is 0 Å². The fourth-order valence-corrected chi connectivity index (χ4v) is 3.39. The van der Waals surface area contributed by atoms with Gasteiger partial charge >= 0.3 is 0 Å². The summed E-state index contributed by atoms with van der Waals surface area (Å²) in [6.45, 7) is 0.389. The summed E-state index contributed by atoms with van der Waals surface area (Å²) < 4.78 is 0. The van der Waals surface area contributed by atoms with Crippen molar-refractivity contribution in [1.82, 2.24) is 15.3 Å². The lowest BCUT2D eigenvalue weighted by Gasteiger charge is -2.09. The zero-order valence-corrected chi connectivity index (χ0v) is 16.4. The number of carbonyl (C=O) groups excluding carboxylic acids is 1. The van der Waals surface area contributed by atoms with Crippen LogP contribution in [0.4, 0.5) is 5.82 Å². The van der Waals surface area contributed by atoms with Gasteiger partial charge in [-0.1, -0.05) is 61.5 Å². The van der Waals surface area contributed by atoms with E-state index in [1.807, 2.05) is 54.6 Å². The molecule has 0 aliphatic heterocycles. The van der Waals surface area contributed by atoms with E-state index >= 15 is 0 Å². The Morgan fingerprint density at radius 3 is 2.57 bits per heavy atom. The van der Waals surface area contributed by atoms with E-state index < -0.39 is 0 Å². The van der Waals surface area contributed by atoms with Crippen LogP contribution in [-0.4, -0.2) is 15.9 Å². The molecule has 6 heteroatoms. The maximum absolute atomic E-state index is 12.5. The number of pyridine rings is 2. The maximum atomic E-state index is 12.5. The maximum Gasteiger partial charge on any atom is 0.253 e. The number of nitrogens with two attached hydrogens (primary N) is 1. The van der Waals surface area contributed by atoms with E-state index in [4.69, 9.17) is 17.3 Å². The lowest BCUT2D eigenvalue weighted by molar-refractivity contribution is 0.0950. The molecular formula is C24H23ClN4O. The van der Waals surface area contributed by atoms with Gasteiger partial charge in [0.15, 0.2) is 0 Å². The van der Waals surface area contributed by atoms with E-state index in [9.17, 15) is 4.79 Å². The van der Waals surface area contributed by atoms with Crippen LogP contribution in [0.25, 0.3) is 10.8 Å². The minimum atomic E-state index is -0.222. The Morgan fingerprint density at radius 2 is 1.80 bits per heavy atom. The number of hydrogen-bond acceptors (Lipinski definition) is 4. The van der Waals surface area contributed by atoms with Crippen molar-refractivity contribution in [2.45, 2.75) is 20.4 Å². The highest BCUT2D eigenvalue weighted by Gasteiger charge is 2.11. The van der Waals surface area contributed by atoms with Crippen LogP contribution in [0.15, 0.2) is 73.1 Å². The molecule has 1 amide bonds. The summed E-state index contributed by atoms with van der Waals surface area (Å²) in [5.74, 6) is 0.273. The molecule has 0 saturated heterocycles. The molecule has 0 bridgehead atoms. The Kier molecular flexibility index (Phi) is 6.65. The van der Waals surface area contributed by atoms with Gasteiger partial charge in [-0.25, -0.2) is 4.98 Å². The van der Waals surface area contributed by atoms with Crippen molar-refractivity contribution >= 4 is 34.1 Å². The number of hydrogen-bond donors (Lipinski definition) is 2. The first kappa shape index (κ1) is 21.3. The Morgan fingerprint density at radius 1 is 1.00 bits per heavy atom. The van der Waals surface area contributed by atoms with Crippen LogP contribution in [0.3, 0.4) is 0 Å². The summed E-state index contributed by atoms with van der Waals surface area (Å²) in [6, 6.07) is 19.3. The second-order valence-corrected chi connectivity index (χ2v) is 7.16. The third kappa shape index (κ3) is 4.75. The molecule has 2 aromatic heterocycles. The predicted molar refractivity (Wildman–Crippen MR) is 123 cm³/mol. The SMILES string of the molecule is C.Nc1nccc2cc(CNC(=O)c3cnc(Cc4ccccc4)c(Cl)c3)ccc12. The third-order valence-corrected chi connectivity index (χ3v) is 5.03. The first-order valence-electron chi connectivity index (χ1n) is 9.20. The molecule has 3 N–H and O–H groups in total. The number of anilines is 1. The molecule has 4 aromatic rings. The Bertz CT molecular complexity index is 1180. The van der Waals surface area contributed by atoms with Crippen molar-refractivity contribution < 1.29 is 4.79 Å². The summed E-state index contributed by atoms with van der Waals surface area (Å²) in [5, 5.41) is 5.27. The van der Waals surface area contributed by atoms with Gasteiger partial charge in [0.25, 0.3) is 5.91 Å². The zero-order chi connectivity index (χ0) is 20.2. The second kappa shape index (κ2) is 9.37. The number of rotatable bonds is 5. The number of aromatic nitrogens is 2. The number of halogens is 1. The third-order valence-electron chi connectivity index (χ3n) is 4.71. The molecule has 4 rings (SSSR count). The van der Waals surface area contributed by atoms with Gasteiger partial charge in [0, 0.05) is 30.7 Å². The molecule has 0 spiro atoms. The van der Waals surface area contributed by atoms with E-state index in [2.05, 4.69) is 15.3 Å². The fourth-order valence-electron chi connectivity index (χ4n) is 3.15. The number of nitrogens with zero attached hydrogens (tertiary/aromatic N) is 2. The summed E-state index contributed by atoms with van der Waals surface area (Å²) in [7, 11) is 0. The minimum Gasteiger partial charge on any atom is -0.383 e. The molecule has 0 aliphatic carbocycles. The summed E-state index contributed by atoms with van der Waals surface area (Å²) in [5.41, 5.74) is 9.14. The van der Waals surface area contributed by atoms with E-state index in [1.165, 1.54) is 0 Å². The van der Waals surface area contributed by atoms with Gasteiger partial charge in [0.05, 0.1) is 16.3 Å². The van der Waals surface area contributed by atoms with Crippen LogP contribution in [0.5, 0.6) is 0 Å². The zero-order valence-electron chi connectivity index (χ0n) is 15.6. The van der Waals surface area contributed by atoms with Crippen molar-refractivity contribution in [3.8, 4) is 0 Å². The predicted octanol–water partition coefficient (Wildman–Crippen LogP) is 5.02. The first-order valence-corrected chi connectivity index (χ1v) is 9.57. The molecule has 30 heavy (non-hydrogen) atoms. The van der Waals surface area contributed by atoms with Crippen LogP contribution in [0.1, 0.15) is 34.6 Å². The molecule has 152 valence electrons. The largest absolute Gasteiger partial charge is 0.383 e. The van der Waals surface area contributed by atoms with Gasteiger partial charge in [-0.05, 0) is 34.7 Å². The van der Waals surface area contributed by atoms with Gasteiger partial charge in [-0.15, -0.1) is 0 Å². The second-order valence-electron chi connectivity index (χ2n) is 6.75. The number of carbonyl (C=O) groups is 1. The van der Waals surface area contributed by atoms with Gasteiger partial charge in [0.1, 0.15) is 5.82 Å². The van der Waals surface area contributed by atoms with Crippen molar-refractivity contribution in [1.29, 1.82) is 0 Å². The molecule has 2 aromatic carbocycles. The van der Waals surface area contributed by atoms with Gasteiger partial charge in [0.2, 0.25) is 0 Å². The van der Waals surface area contributed by atoms with Gasteiger partial charge < -0.3 is 11.1 Å². The molecule has 2 heterocycles. The van der Waals surface area contributed by atoms with Crippen molar-refractivity contribution in [3.63, 3.8) is 0 Å². The van der Waals surface area contributed by atoms with E-state index in [1.54, 1.807) is 18.5 Å². The Hall–Kier alpha value is -3.44. The Balaban J connectivity index is 0.00000256. The highest BCUT2D eigenvalue weighted by Crippen LogP contribution is 2.21. The molecule has 0 fully saturated rings. The molecule has 0 atom stereocenters. The van der Waals surface area contributed by atoms with Gasteiger partial charge in [-0.3, -0.25) is 9.78 Å². The number of nitrogen functional groups attached to an aromatic ring is 1. The summed E-state index contributed by atoms with van der Waals surface area (Å²) >= 11 is 6.36. The standard InChI is InChI=1S/C23H19ClN4O.CH4/c24-20-12-18(14-27-21(20)11-15-4-2-1-3-5-15)23(29)28-13-16-6-7-19-17(10-16)8-9-26-22(19)25;/h1-10,12,14H,11,13H2,(H2,25,26)(H,28,29);1H4. The van der Waals surface area contributed by atoms with E-state index in [0.717, 1.165) is 27.6 Å². The van der Waals surface area contributed by atoms with Crippen LogP contribution in [-0.2, 0) is 13.0 Å². The fraction of sp³-hybridized carbons (Fsp3) is 0.125. The smallest absolute Gasteiger partial charge is 0.253 e. The van der Waals surface area contributed by atoms with E-state index in [0.29, 0.717) is 29.4 Å². The van der Waals surface area contributed by atoms with Crippen LogP contribution < -0.4 is 11.1 Å². The van der Waals surface area contributed by atoms with Crippen LogP contribution >= 0.6 is 11.6 Å². The number of benzene rings is 2. The average Bonchev–Trinajstić information content (AvgIpc) is 2.74. The monoisotopic (exact) mass is 418 g/mol. The topological polar surface area (TPSA) is 80.9 Å². The quantitative estimate of drug-likeness (QED) is 0.476. The van der Waals surface area contributed by atoms with Crippen molar-refractivity contribution in [2.75, 3.05) is 5.73 Å². The van der Waals surface area contributed by atoms with Gasteiger partial charge in [-0.2, -0.15) is 0 Å². The summed E-state index contributed by atoms with van der Waals surface area (Å²) in [4.78, 5) is 21.0. The lowest BCUT2D eigenvalue weighted by Crippen LogP contribution is -2.23. The molecule has 5 nitrogen and oxygen atoms in total. The number of amides is 1. The number of nitrogens with one attached hydrogen (secondary N) is 1. The van der Waals surface area contributed by atoms with Crippen molar-refractivity contribution in [3.05, 3.63) is 100 Å². The Labute approximate surface area is 180 Å². The minimum absolute atomic E-state index is 0. The normalized spacial score (nSPS) is 10.4. The molecular weight excluding hydrogens is 396 g/mol. The molecule has 0 radical (unpaired) electrons. The highest BCUT2D eigenvalue weighted by molar-refractivity contribution is 6.31. The highest BCUT2D eigenvalue weighted by atomic mass is 35.5. The number of fused-ring (bicyclic) bond motifs is 1.